The van der Waals surface area contributed by atoms with Crippen LogP contribution in [-0.4, -0.2) is 61.2 Å². The van der Waals surface area contributed by atoms with Crippen molar-refractivity contribution in [2.24, 2.45) is 0 Å². The predicted octanol–water partition coefficient (Wildman–Crippen LogP) is 3.92. The maximum absolute atomic E-state index is 13.2. The molecule has 0 radical (unpaired) electrons. The Morgan fingerprint density at radius 3 is 2.14 bits per heavy atom. The van der Waals surface area contributed by atoms with Gasteiger partial charge in [-0.2, -0.15) is 0 Å². The highest BCUT2D eigenvalue weighted by atomic mass is 32.1. The Balaban J connectivity index is 1.36. The normalized spacial score (nSPS) is 16.0. The number of nitrogens with zero attached hydrogens (tertiary/aromatic N) is 1. The minimum Gasteiger partial charge on any atom is -0.508 e. The van der Waals surface area contributed by atoms with Crippen LogP contribution in [0.3, 0.4) is 0 Å². The molecule has 2 amide bonds. The summed E-state index contributed by atoms with van der Waals surface area (Å²) in [5, 5.41) is 17.4. The van der Waals surface area contributed by atoms with Gasteiger partial charge in [-0.15, -0.1) is 11.3 Å². The zero-order valence-corrected chi connectivity index (χ0v) is 24.8. The SMILES string of the molecule is CC(C)(C)c1ccc(O)c(CN2CCNC(=O)COc3cc4sc5ccccc5c(=O)c4cc3OCC(=O)NCC2)c1. The molecule has 1 aliphatic heterocycles. The quantitative estimate of drug-likeness (QED) is 0.304. The third-order valence-corrected chi connectivity index (χ3v) is 8.33. The summed E-state index contributed by atoms with van der Waals surface area (Å²) in [7, 11) is 0. The molecule has 4 aromatic rings. The van der Waals surface area contributed by atoms with Crippen molar-refractivity contribution in [1.29, 1.82) is 0 Å². The average molecular weight is 590 g/mol. The zero-order chi connectivity index (χ0) is 29.9. The maximum Gasteiger partial charge on any atom is 0.257 e. The molecule has 0 atom stereocenters. The number of ether oxygens (including phenoxy) is 2. The lowest BCUT2D eigenvalue weighted by atomic mass is 9.86. The minimum atomic E-state index is -0.327. The summed E-state index contributed by atoms with van der Waals surface area (Å²) in [6.07, 6.45) is 0. The third-order valence-electron chi connectivity index (χ3n) is 7.20. The van der Waals surface area contributed by atoms with Gasteiger partial charge in [0.15, 0.2) is 30.1 Å². The van der Waals surface area contributed by atoms with E-state index in [1.165, 1.54) is 11.3 Å². The summed E-state index contributed by atoms with van der Waals surface area (Å²) in [4.78, 5) is 40.6. The first-order chi connectivity index (χ1) is 20.1. The number of benzene rings is 3. The summed E-state index contributed by atoms with van der Waals surface area (Å²) < 4.78 is 13.2. The molecular weight excluding hydrogens is 554 g/mol. The molecule has 2 heterocycles. The van der Waals surface area contributed by atoms with Crippen molar-refractivity contribution >= 4 is 43.3 Å². The monoisotopic (exact) mass is 589 g/mol. The third kappa shape index (κ3) is 6.83. The molecule has 0 aliphatic carbocycles. The number of carbonyl (C=O) groups is 2. The van der Waals surface area contributed by atoms with Crippen LogP contribution in [0.15, 0.2) is 59.4 Å². The van der Waals surface area contributed by atoms with Crippen LogP contribution >= 0.6 is 11.3 Å². The van der Waals surface area contributed by atoms with Gasteiger partial charge in [0.05, 0.1) is 0 Å². The van der Waals surface area contributed by atoms with Crippen LogP contribution in [-0.2, 0) is 21.5 Å². The molecule has 10 heteroatoms. The van der Waals surface area contributed by atoms with Crippen LogP contribution in [0.2, 0.25) is 0 Å². The lowest BCUT2D eigenvalue weighted by Gasteiger charge is -2.25. The van der Waals surface area contributed by atoms with Gasteiger partial charge in [-0.3, -0.25) is 19.3 Å². The fraction of sp³-hybridized carbons (Fsp3) is 0.344. The molecule has 0 spiro atoms. The van der Waals surface area contributed by atoms with Gasteiger partial charge in [-0.05, 0) is 35.2 Å². The van der Waals surface area contributed by atoms with Crippen LogP contribution in [0.4, 0.5) is 0 Å². The minimum absolute atomic E-state index is 0.0751. The summed E-state index contributed by atoms with van der Waals surface area (Å²) in [6.45, 7) is 7.94. The van der Waals surface area contributed by atoms with E-state index in [-0.39, 0.29) is 53.1 Å². The van der Waals surface area contributed by atoms with Gasteiger partial charge in [0.25, 0.3) is 11.8 Å². The van der Waals surface area contributed by atoms with Crippen molar-refractivity contribution in [2.45, 2.75) is 32.7 Å². The Labute approximate surface area is 248 Å². The van der Waals surface area contributed by atoms with Crippen LogP contribution in [0, 0.1) is 0 Å². The highest BCUT2D eigenvalue weighted by Crippen LogP contribution is 2.35. The number of amides is 2. The van der Waals surface area contributed by atoms with Crippen LogP contribution in [0.1, 0.15) is 31.9 Å². The number of fused-ring (bicyclic) bond motifs is 3. The predicted molar refractivity (Wildman–Crippen MR) is 165 cm³/mol. The number of nitrogens with one attached hydrogen (secondary N) is 2. The van der Waals surface area contributed by atoms with E-state index < -0.39 is 0 Å². The van der Waals surface area contributed by atoms with E-state index in [4.69, 9.17) is 9.47 Å². The molecule has 9 nitrogen and oxygen atoms in total. The van der Waals surface area contributed by atoms with Gasteiger partial charge in [0.1, 0.15) is 5.75 Å². The van der Waals surface area contributed by atoms with Crippen molar-refractivity contribution in [1.82, 2.24) is 15.5 Å². The van der Waals surface area contributed by atoms with E-state index in [1.807, 2.05) is 30.3 Å². The first kappa shape index (κ1) is 29.3. The Bertz CT molecular complexity index is 1690. The molecule has 0 unspecified atom stereocenters. The van der Waals surface area contributed by atoms with Crippen molar-refractivity contribution in [3.05, 3.63) is 75.9 Å². The van der Waals surface area contributed by atoms with E-state index in [1.54, 1.807) is 24.3 Å². The fourth-order valence-electron chi connectivity index (χ4n) is 4.82. The summed E-state index contributed by atoms with van der Waals surface area (Å²) in [5.41, 5.74) is 1.67. The highest BCUT2D eigenvalue weighted by Gasteiger charge is 2.19. The number of hydrogen-bond acceptors (Lipinski definition) is 8. The molecule has 5 rings (SSSR count). The maximum atomic E-state index is 13.2. The van der Waals surface area contributed by atoms with Crippen LogP contribution in [0.5, 0.6) is 17.2 Å². The van der Waals surface area contributed by atoms with Gasteiger partial charge in [0.2, 0.25) is 0 Å². The molecule has 0 fully saturated rings. The van der Waals surface area contributed by atoms with Gasteiger partial charge in [-0.25, -0.2) is 0 Å². The van der Waals surface area contributed by atoms with E-state index in [0.717, 1.165) is 15.8 Å². The van der Waals surface area contributed by atoms with E-state index in [0.29, 0.717) is 48.2 Å². The molecule has 42 heavy (non-hydrogen) atoms. The van der Waals surface area contributed by atoms with E-state index in [9.17, 15) is 19.5 Å². The molecule has 3 aromatic carbocycles. The highest BCUT2D eigenvalue weighted by molar-refractivity contribution is 7.24. The first-order valence-electron chi connectivity index (χ1n) is 13.9. The molecule has 1 aromatic heterocycles. The number of phenols is 1. The first-order valence-corrected chi connectivity index (χ1v) is 14.7. The molecule has 3 N–H and O–H groups in total. The summed E-state index contributed by atoms with van der Waals surface area (Å²) in [5.74, 6) is 0.0625. The van der Waals surface area contributed by atoms with Gasteiger partial charge in [0, 0.05) is 64.5 Å². The number of phenolic OH excluding ortho intramolecular Hbond substituents is 1. The van der Waals surface area contributed by atoms with Crippen LogP contribution in [0.25, 0.3) is 20.2 Å². The Morgan fingerprint density at radius 2 is 1.48 bits per heavy atom. The number of aromatic hydroxyl groups is 1. The molecule has 0 saturated carbocycles. The van der Waals surface area contributed by atoms with Crippen molar-refractivity contribution in [2.75, 3.05) is 39.4 Å². The molecule has 0 bridgehead atoms. The lowest BCUT2D eigenvalue weighted by Crippen LogP contribution is -2.40. The Hall–Kier alpha value is -4.15. The van der Waals surface area contributed by atoms with Gasteiger partial charge in [-0.1, -0.05) is 45.0 Å². The second kappa shape index (κ2) is 12.4. The Kier molecular flexibility index (Phi) is 8.65. The molecule has 0 saturated heterocycles. The molecule has 1 aliphatic rings. The second-order valence-electron chi connectivity index (χ2n) is 11.4. The molecule has 220 valence electrons. The number of hydrogen-bond donors (Lipinski definition) is 3. The largest absolute Gasteiger partial charge is 0.508 e. The number of carbonyl (C=O) groups excluding carboxylic acids is 2. The average Bonchev–Trinajstić information content (AvgIpc) is 2.95. The topological polar surface area (TPSA) is 117 Å². The fourth-order valence-corrected chi connectivity index (χ4v) is 5.90. The zero-order valence-electron chi connectivity index (χ0n) is 24.0. The summed E-state index contributed by atoms with van der Waals surface area (Å²) in [6, 6.07) is 16.3. The number of rotatable bonds is 2. The molecular formula is C32H35N3O6S. The van der Waals surface area contributed by atoms with E-state index >= 15 is 0 Å². The van der Waals surface area contributed by atoms with Gasteiger partial charge >= 0.3 is 0 Å². The van der Waals surface area contributed by atoms with Crippen LogP contribution < -0.4 is 25.5 Å². The van der Waals surface area contributed by atoms with Crippen molar-refractivity contribution < 1.29 is 24.2 Å². The summed E-state index contributed by atoms with van der Waals surface area (Å²) >= 11 is 1.44. The smallest absolute Gasteiger partial charge is 0.257 e. The second-order valence-corrected chi connectivity index (χ2v) is 12.5. The van der Waals surface area contributed by atoms with Crippen molar-refractivity contribution in [3.63, 3.8) is 0 Å². The Morgan fingerprint density at radius 1 is 0.833 bits per heavy atom. The standard InChI is InChI=1S/C32H35N3O6S/c1-32(2,3)21-8-9-24(36)20(14-21)17-35-12-10-33-29(37)18-40-25-15-23-28(16-26(25)41-19-30(38)34-11-13-35)42-27-7-5-4-6-22(27)31(23)39/h4-9,14-16,36H,10-13,17-19H2,1-3H3,(H,33,37)(H,34,38). The van der Waals surface area contributed by atoms with Gasteiger partial charge < -0.3 is 25.2 Å². The lowest BCUT2D eigenvalue weighted by molar-refractivity contribution is -0.124. The van der Waals surface area contributed by atoms with Crippen molar-refractivity contribution in [3.8, 4) is 17.2 Å². The van der Waals surface area contributed by atoms with E-state index in [2.05, 4.69) is 36.3 Å².